The summed E-state index contributed by atoms with van der Waals surface area (Å²) in [6.07, 6.45) is 69.5. The molecule has 0 radical (unpaired) electrons. The summed E-state index contributed by atoms with van der Waals surface area (Å²) in [5.74, 6) is 0.271. The first kappa shape index (κ1) is 105. The van der Waals surface area contributed by atoms with Gasteiger partial charge >= 0.3 is 39.5 Å². The molecule has 0 spiro atoms. The van der Waals surface area contributed by atoms with Crippen molar-refractivity contribution in [1.29, 1.82) is 0 Å². The van der Waals surface area contributed by atoms with Gasteiger partial charge in [0.15, 0.2) is 12.2 Å². The molecule has 0 rings (SSSR count). The number of phosphoric ester groups is 2. The van der Waals surface area contributed by atoms with Gasteiger partial charge < -0.3 is 33.8 Å². The molecular formula is C88H172O17P2. The zero-order valence-corrected chi connectivity index (χ0v) is 72.4. The van der Waals surface area contributed by atoms with Crippen LogP contribution in [0.3, 0.4) is 0 Å². The van der Waals surface area contributed by atoms with Gasteiger partial charge in [0, 0.05) is 25.7 Å². The Hall–Kier alpha value is -1.94. The van der Waals surface area contributed by atoms with Crippen LogP contribution in [0.15, 0.2) is 0 Å². The van der Waals surface area contributed by atoms with Crippen LogP contribution >= 0.6 is 15.6 Å². The van der Waals surface area contributed by atoms with Crippen molar-refractivity contribution in [3.8, 4) is 0 Å². The summed E-state index contributed by atoms with van der Waals surface area (Å²) in [4.78, 5) is 73.3. The molecule has 17 nitrogen and oxygen atoms in total. The van der Waals surface area contributed by atoms with Crippen LogP contribution in [0, 0.1) is 17.8 Å². The summed E-state index contributed by atoms with van der Waals surface area (Å²) in [5.41, 5.74) is 0. The number of unbranched alkanes of at least 4 members (excludes halogenated alkanes) is 53. The smallest absolute Gasteiger partial charge is 0.462 e. The maximum Gasteiger partial charge on any atom is 0.472 e. The third kappa shape index (κ3) is 80.5. The van der Waals surface area contributed by atoms with Gasteiger partial charge in [-0.05, 0) is 43.4 Å². The fourth-order valence-corrected chi connectivity index (χ4v) is 15.3. The van der Waals surface area contributed by atoms with Crippen LogP contribution in [0.1, 0.15) is 466 Å². The SMILES string of the molecule is CCCCCCCCCCCCCCCCCC(=O)O[C@H](COC(=O)CCCCCCCCC(C)CC)COP(=O)(O)OC[C@H](O)COP(=O)(O)OC[C@@H](COC(=O)CCCCCCCCCCCCCCCCCCCCC(C)C)OC(=O)CCCCCCCCCCCCCCCCCCCCC(C)C. The highest BCUT2D eigenvalue weighted by molar-refractivity contribution is 7.47. The van der Waals surface area contributed by atoms with Gasteiger partial charge in [0.05, 0.1) is 26.4 Å². The Balaban J connectivity index is 5.22. The summed E-state index contributed by atoms with van der Waals surface area (Å²) in [6, 6.07) is 0. The number of carbonyl (C=O) groups excluding carboxylic acids is 4. The first-order valence-electron chi connectivity index (χ1n) is 45.4. The van der Waals surface area contributed by atoms with Gasteiger partial charge in [0.2, 0.25) is 0 Å². The van der Waals surface area contributed by atoms with Gasteiger partial charge in [-0.2, -0.15) is 0 Å². The van der Waals surface area contributed by atoms with Gasteiger partial charge in [-0.15, -0.1) is 0 Å². The van der Waals surface area contributed by atoms with Crippen molar-refractivity contribution in [3.05, 3.63) is 0 Å². The predicted molar refractivity (Wildman–Crippen MR) is 441 cm³/mol. The number of phosphoric acid groups is 2. The number of carbonyl (C=O) groups is 4. The minimum absolute atomic E-state index is 0.107. The molecule has 636 valence electrons. The molecular weight excluding hydrogens is 1390 g/mol. The van der Waals surface area contributed by atoms with Gasteiger partial charge in [-0.3, -0.25) is 37.3 Å². The standard InChI is InChI=1S/C88H172O17P2/c1-8-10-11-12-13-14-15-16-25-33-38-43-48-57-64-72-88(93)105-84(76-99-86(91)70-63-56-51-50-54-61-68-81(7)9-2)78-103-107(96,97)101-74-82(89)73-100-106(94,95)102-77-83(104-87(92)71-65-58-49-44-39-34-29-24-20-18-22-27-31-36-41-46-53-60-67-80(5)6)75-98-85(90)69-62-55-47-42-37-32-28-23-19-17-21-26-30-35-40-45-52-59-66-79(3)4/h79-84,89H,8-78H2,1-7H3,(H,94,95)(H,96,97)/t81?,82-,83-,84-/m1/s1. The molecule has 0 aromatic rings. The maximum absolute atomic E-state index is 13.2. The molecule has 0 aliphatic heterocycles. The zero-order valence-electron chi connectivity index (χ0n) is 70.6. The molecule has 0 amide bonds. The molecule has 107 heavy (non-hydrogen) atoms. The molecule has 0 saturated heterocycles. The van der Waals surface area contributed by atoms with Gasteiger partial charge in [0.1, 0.15) is 19.3 Å². The second-order valence-corrected chi connectivity index (χ2v) is 35.7. The Morgan fingerprint density at radius 3 is 0.710 bits per heavy atom. The van der Waals surface area contributed by atoms with Crippen LogP contribution in [-0.2, 0) is 65.4 Å². The molecule has 0 aromatic heterocycles. The molecule has 0 aliphatic rings. The van der Waals surface area contributed by atoms with Crippen LogP contribution in [-0.4, -0.2) is 96.7 Å². The zero-order chi connectivity index (χ0) is 78.6. The molecule has 19 heteroatoms. The summed E-state index contributed by atoms with van der Waals surface area (Å²) in [6.45, 7) is 12.0. The second kappa shape index (κ2) is 78.0. The van der Waals surface area contributed by atoms with Gasteiger partial charge in [0.25, 0.3) is 0 Å². The van der Waals surface area contributed by atoms with E-state index >= 15 is 0 Å². The van der Waals surface area contributed by atoms with E-state index in [4.69, 9.17) is 37.0 Å². The average Bonchev–Trinajstić information content (AvgIpc) is 1.13. The Kier molecular flexibility index (Phi) is 76.6. The summed E-state index contributed by atoms with van der Waals surface area (Å²) in [7, 11) is -9.93. The highest BCUT2D eigenvalue weighted by Crippen LogP contribution is 2.45. The molecule has 3 N–H and O–H groups in total. The first-order chi connectivity index (χ1) is 51.8. The quantitative estimate of drug-likeness (QED) is 0.0222. The summed E-state index contributed by atoms with van der Waals surface area (Å²) in [5, 5.41) is 10.7. The van der Waals surface area contributed by atoms with Crippen molar-refractivity contribution in [1.82, 2.24) is 0 Å². The lowest BCUT2D eigenvalue weighted by atomic mass is 10.00. The lowest BCUT2D eigenvalue weighted by molar-refractivity contribution is -0.161. The fraction of sp³-hybridized carbons (Fsp3) is 0.955. The number of aliphatic hydroxyl groups excluding tert-OH is 1. The fourth-order valence-electron chi connectivity index (χ4n) is 13.7. The van der Waals surface area contributed by atoms with Gasteiger partial charge in [-0.25, -0.2) is 9.13 Å². The van der Waals surface area contributed by atoms with Crippen molar-refractivity contribution in [2.45, 2.75) is 484 Å². The molecule has 0 bridgehead atoms. The number of esters is 4. The third-order valence-electron chi connectivity index (χ3n) is 21.0. The average molecular weight is 1560 g/mol. The van der Waals surface area contributed by atoms with Crippen molar-refractivity contribution in [2.24, 2.45) is 17.8 Å². The van der Waals surface area contributed by atoms with Crippen LogP contribution in [0.25, 0.3) is 0 Å². The van der Waals surface area contributed by atoms with Crippen LogP contribution in [0.5, 0.6) is 0 Å². The van der Waals surface area contributed by atoms with E-state index in [-0.39, 0.29) is 25.7 Å². The molecule has 0 aromatic carbocycles. The van der Waals surface area contributed by atoms with E-state index in [0.717, 1.165) is 114 Å². The lowest BCUT2D eigenvalue weighted by Crippen LogP contribution is -2.30. The number of hydrogen-bond acceptors (Lipinski definition) is 15. The minimum Gasteiger partial charge on any atom is -0.462 e. The van der Waals surface area contributed by atoms with E-state index in [1.54, 1.807) is 0 Å². The molecule has 0 heterocycles. The molecule has 0 saturated carbocycles. The van der Waals surface area contributed by atoms with E-state index in [9.17, 15) is 43.2 Å². The highest BCUT2D eigenvalue weighted by Gasteiger charge is 2.31. The largest absolute Gasteiger partial charge is 0.472 e. The van der Waals surface area contributed by atoms with Crippen LogP contribution < -0.4 is 0 Å². The van der Waals surface area contributed by atoms with E-state index in [2.05, 4.69) is 48.5 Å². The normalized spacial score (nSPS) is 14.1. The lowest BCUT2D eigenvalue weighted by Gasteiger charge is -2.21. The van der Waals surface area contributed by atoms with Crippen LogP contribution in [0.4, 0.5) is 0 Å². The summed E-state index contributed by atoms with van der Waals surface area (Å²) < 4.78 is 68.9. The van der Waals surface area contributed by atoms with Crippen LogP contribution in [0.2, 0.25) is 0 Å². The number of hydrogen-bond donors (Lipinski definition) is 3. The van der Waals surface area contributed by atoms with E-state index in [1.165, 1.54) is 270 Å². The number of rotatable bonds is 86. The first-order valence-corrected chi connectivity index (χ1v) is 48.4. The predicted octanol–water partition coefficient (Wildman–Crippen LogP) is 26.9. The molecule has 3 unspecified atom stereocenters. The third-order valence-corrected chi connectivity index (χ3v) is 22.9. The second-order valence-electron chi connectivity index (χ2n) is 32.8. The maximum atomic E-state index is 13.2. The van der Waals surface area contributed by atoms with E-state index < -0.39 is 97.5 Å². The Morgan fingerprint density at radius 1 is 0.271 bits per heavy atom. The monoisotopic (exact) mass is 1560 g/mol. The minimum atomic E-state index is -4.97. The topological polar surface area (TPSA) is 237 Å². The van der Waals surface area contributed by atoms with Gasteiger partial charge in [-0.1, -0.05) is 414 Å². The Bertz CT molecular complexity index is 2060. The molecule has 6 atom stereocenters. The van der Waals surface area contributed by atoms with Crippen molar-refractivity contribution >= 4 is 39.5 Å². The molecule has 0 aliphatic carbocycles. The van der Waals surface area contributed by atoms with E-state index in [1.807, 2.05) is 0 Å². The van der Waals surface area contributed by atoms with Crippen molar-refractivity contribution in [2.75, 3.05) is 39.6 Å². The molecule has 0 fully saturated rings. The Morgan fingerprint density at radius 2 is 0.477 bits per heavy atom. The number of aliphatic hydroxyl groups is 1. The van der Waals surface area contributed by atoms with E-state index in [0.29, 0.717) is 25.7 Å². The van der Waals surface area contributed by atoms with Crippen molar-refractivity contribution in [3.63, 3.8) is 0 Å². The highest BCUT2D eigenvalue weighted by atomic mass is 31.2. The number of ether oxygens (including phenoxy) is 4. The Labute approximate surface area is 658 Å². The van der Waals surface area contributed by atoms with Crippen molar-refractivity contribution < 1.29 is 80.2 Å². The summed E-state index contributed by atoms with van der Waals surface area (Å²) >= 11 is 0.